The van der Waals surface area contributed by atoms with E-state index in [4.69, 9.17) is 5.84 Å². The van der Waals surface area contributed by atoms with E-state index in [1.807, 2.05) is 11.3 Å². The fraction of sp³-hybridized carbons (Fsp3) is 0.667. The first-order chi connectivity index (χ1) is 7.19. The molecule has 0 saturated carbocycles. The largest absolute Gasteiger partial charge is 0.271 e. The van der Waals surface area contributed by atoms with Gasteiger partial charge in [0.1, 0.15) is 0 Å². The second-order valence-corrected chi connectivity index (χ2v) is 5.39. The van der Waals surface area contributed by atoms with Gasteiger partial charge in [-0.3, -0.25) is 11.3 Å². The van der Waals surface area contributed by atoms with Crippen LogP contribution in [0.2, 0.25) is 0 Å². The van der Waals surface area contributed by atoms with Crippen LogP contribution < -0.4 is 11.3 Å². The minimum atomic E-state index is 0.342. The van der Waals surface area contributed by atoms with Crippen molar-refractivity contribution in [2.75, 3.05) is 0 Å². The highest BCUT2D eigenvalue weighted by atomic mass is 32.1. The number of thiophene rings is 1. The molecule has 15 heavy (non-hydrogen) atoms. The molecule has 2 nitrogen and oxygen atoms in total. The third kappa shape index (κ3) is 3.59. The lowest BCUT2D eigenvalue weighted by molar-refractivity contribution is 0.493. The second-order valence-electron chi connectivity index (χ2n) is 4.10. The van der Waals surface area contributed by atoms with E-state index in [0.29, 0.717) is 6.04 Å². The highest BCUT2D eigenvalue weighted by Crippen LogP contribution is 2.28. The Hall–Kier alpha value is -0.380. The van der Waals surface area contributed by atoms with E-state index in [9.17, 15) is 0 Å². The van der Waals surface area contributed by atoms with Crippen LogP contribution >= 0.6 is 11.3 Å². The highest BCUT2D eigenvalue weighted by molar-refractivity contribution is 7.12. The van der Waals surface area contributed by atoms with E-state index in [2.05, 4.69) is 32.3 Å². The zero-order valence-electron chi connectivity index (χ0n) is 9.97. The van der Waals surface area contributed by atoms with Gasteiger partial charge in [0.25, 0.3) is 0 Å². The molecule has 0 aliphatic rings. The van der Waals surface area contributed by atoms with Crippen molar-refractivity contribution in [2.45, 2.75) is 52.5 Å². The first kappa shape index (κ1) is 12.7. The van der Waals surface area contributed by atoms with Crippen molar-refractivity contribution < 1.29 is 0 Å². The predicted octanol–water partition coefficient (Wildman–Crippen LogP) is 3.45. The van der Waals surface area contributed by atoms with Gasteiger partial charge in [-0.2, -0.15) is 0 Å². The van der Waals surface area contributed by atoms with Crippen LogP contribution in [0, 0.1) is 13.8 Å². The Morgan fingerprint density at radius 2 is 2.13 bits per heavy atom. The summed E-state index contributed by atoms with van der Waals surface area (Å²) >= 11 is 1.86. The van der Waals surface area contributed by atoms with Crippen LogP contribution in [0.25, 0.3) is 0 Å². The summed E-state index contributed by atoms with van der Waals surface area (Å²) in [5.74, 6) is 5.60. The van der Waals surface area contributed by atoms with Crippen LogP contribution in [0.4, 0.5) is 0 Å². The third-order valence-electron chi connectivity index (χ3n) is 2.83. The van der Waals surface area contributed by atoms with E-state index in [1.165, 1.54) is 34.6 Å². The fourth-order valence-corrected chi connectivity index (χ4v) is 2.82. The lowest BCUT2D eigenvalue weighted by atomic mass is 10.1. The molecule has 1 unspecified atom stereocenters. The zero-order valence-corrected chi connectivity index (χ0v) is 10.8. The summed E-state index contributed by atoms with van der Waals surface area (Å²) < 4.78 is 0. The molecule has 1 atom stereocenters. The van der Waals surface area contributed by atoms with Crippen molar-refractivity contribution in [2.24, 2.45) is 5.84 Å². The molecule has 0 fully saturated rings. The van der Waals surface area contributed by atoms with Gasteiger partial charge in [0.2, 0.25) is 0 Å². The van der Waals surface area contributed by atoms with Crippen molar-refractivity contribution in [3.05, 3.63) is 21.4 Å². The minimum Gasteiger partial charge on any atom is -0.271 e. The van der Waals surface area contributed by atoms with E-state index < -0.39 is 0 Å². The van der Waals surface area contributed by atoms with Crippen LogP contribution in [0.3, 0.4) is 0 Å². The van der Waals surface area contributed by atoms with Gasteiger partial charge in [-0.25, -0.2) is 0 Å². The van der Waals surface area contributed by atoms with Gasteiger partial charge in [0.15, 0.2) is 0 Å². The summed E-state index contributed by atoms with van der Waals surface area (Å²) in [7, 11) is 0. The number of nitrogens with one attached hydrogen (secondary N) is 1. The molecule has 0 spiro atoms. The Labute approximate surface area is 96.9 Å². The fourth-order valence-electron chi connectivity index (χ4n) is 1.68. The maximum atomic E-state index is 5.60. The molecule has 0 saturated heterocycles. The molecule has 0 aliphatic heterocycles. The highest BCUT2D eigenvalue weighted by Gasteiger charge is 2.12. The van der Waals surface area contributed by atoms with Crippen LogP contribution in [-0.4, -0.2) is 0 Å². The van der Waals surface area contributed by atoms with E-state index in [-0.39, 0.29) is 0 Å². The van der Waals surface area contributed by atoms with Gasteiger partial charge in [-0.1, -0.05) is 26.2 Å². The van der Waals surface area contributed by atoms with Crippen molar-refractivity contribution in [1.29, 1.82) is 0 Å². The first-order valence-electron chi connectivity index (χ1n) is 5.72. The average molecular weight is 226 g/mol. The second kappa shape index (κ2) is 6.26. The normalized spacial score (nSPS) is 13.1. The van der Waals surface area contributed by atoms with Gasteiger partial charge in [0.05, 0.1) is 6.04 Å². The molecule has 0 aliphatic carbocycles. The SMILES string of the molecule is CCCCCC(NN)c1cc(C)c(C)s1. The smallest absolute Gasteiger partial charge is 0.0553 e. The maximum Gasteiger partial charge on any atom is 0.0553 e. The molecule has 1 rings (SSSR count). The Bertz CT molecular complexity index is 274. The molecule has 3 N–H and O–H groups in total. The van der Waals surface area contributed by atoms with Crippen LogP contribution in [0.15, 0.2) is 6.07 Å². The Morgan fingerprint density at radius 3 is 2.60 bits per heavy atom. The minimum absolute atomic E-state index is 0.342. The number of hydrogen-bond donors (Lipinski definition) is 2. The molecule has 3 heteroatoms. The first-order valence-corrected chi connectivity index (χ1v) is 6.53. The molecule has 0 radical (unpaired) electrons. The van der Waals surface area contributed by atoms with Crippen LogP contribution in [-0.2, 0) is 0 Å². The molecule has 0 bridgehead atoms. The summed E-state index contributed by atoms with van der Waals surface area (Å²) in [6, 6.07) is 2.60. The number of unbranched alkanes of at least 4 members (excludes halogenated alkanes) is 2. The molecule has 1 aromatic rings. The Morgan fingerprint density at radius 1 is 1.40 bits per heavy atom. The molecular formula is C12H22N2S. The Kier molecular flexibility index (Phi) is 5.29. The van der Waals surface area contributed by atoms with Gasteiger partial charge in [-0.05, 0) is 31.9 Å². The van der Waals surface area contributed by atoms with Crippen LogP contribution in [0.1, 0.15) is 54.0 Å². The van der Waals surface area contributed by atoms with Crippen molar-refractivity contribution in [3.63, 3.8) is 0 Å². The number of hydrazine groups is 1. The summed E-state index contributed by atoms with van der Waals surface area (Å²) in [4.78, 5) is 2.78. The van der Waals surface area contributed by atoms with Gasteiger partial charge < -0.3 is 0 Å². The van der Waals surface area contributed by atoms with Gasteiger partial charge in [0, 0.05) is 9.75 Å². The van der Waals surface area contributed by atoms with Gasteiger partial charge in [-0.15, -0.1) is 11.3 Å². The monoisotopic (exact) mass is 226 g/mol. The summed E-state index contributed by atoms with van der Waals surface area (Å²) in [5.41, 5.74) is 4.31. The summed E-state index contributed by atoms with van der Waals surface area (Å²) in [6.45, 7) is 6.56. The standard InChI is InChI=1S/C12H22N2S/c1-4-5-6-7-11(14-13)12-8-9(2)10(3)15-12/h8,11,14H,4-7,13H2,1-3H3. The van der Waals surface area contributed by atoms with Crippen molar-refractivity contribution in [3.8, 4) is 0 Å². The summed E-state index contributed by atoms with van der Waals surface area (Å²) in [5, 5.41) is 0. The number of hydrogen-bond acceptors (Lipinski definition) is 3. The predicted molar refractivity (Wildman–Crippen MR) is 68.0 cm³/mol. The molecular weight excluding hydrogens is 204 g/mol. The van der Waals surface area contributed by atoms with E-state index in [1.54, 1.807) is 0 Å². The Balaban J connectivity index is 2.57. The zero-order chi connectivity index (χ0) is 11.3. The molecule has 1 heterocycles. The summed E-state index contributed by atoms with van der Waals surface area (Å²) in [6.07, 6.45) is 4.95. The quantitative estimate of drug-likeness (QED) is 0.443. The van der Waals surface area contributed by atoms with Crippen LogP contribution in [0.5, 0.6) is 0 Å². The van der Waals surface area contributed by atoms with E-state index >= 15 is 0 Å². The van der Waals surface area contributed by atoms with E-state index in [0.717, 1.165) is 6.42 Å². The lowest BCUT2D eigenvalue weighted by Gasteiger charge is -2.13. The number of aryl methyl sites for hydroxylation is 2. The topological polar surface area (TPSA) is 38.0 Å². The van der Waals surface area contributed by atoms with Gasteiger partial charge >= 0.3 is 0 Å². The molecule has 0 amide bonds. The molecule has 0 aromatic carbocycles. The molecule has 1 aromatic heterocycles. The number of rotatable bonds is 6. The lowest BCUT2D eigenvalue weighted by Crippen LogP contribution is -2.27. The average Bonchev–Trinajstić information content (AvgIpc) is 2.54. The van der Waals surface area contributed by atoms with Crippen molar-refractivity contribution in [1.82, 2.24) is 5.43 Å². The van der Waals surface area contributed by atoms with Crippen molar-refractivity contribution >= 4 is 11.3 Å². The third-order valence-corrected chi connectivity index (χ3v) is 4.09. The maximum absolute atomic E-state index is 5.60. The molecule has 86 valence electrons. The number of nitrogens with two attached hydrogens (primary N) is 1.